The normalized spacial score (nSPS) is 10.6. The van der Waals surface area contributed by atoms with Gasteiger partial charge in [0.1, 0.15) is 11.5 Å². The van der Waals surface area contributed by atoms with Crippen molar-refractivity contribution >= 4 is 17.2 Å². The minimum atomic E-state index is -0.619. The summed E-state index contributed by atoms with van der Waals surface area (Å²) in [4.78, 5) is 26.8. The molecule has 2 heterocycles. The van der Waals surface area contributed by atoms with Crippen molar-refractivity contribution in [1.29, 1.82) is 0 Å². The molecule has 2 aromatic heterocycles. The lowest BCUT2D eigenvalue weighted by Gasteiger charge is -2.05. The molecule has 0 radical (unpaired) electrons. The number of rotatable bonds is 5. The summed E-state index contributed by atoms with van der Waals surface area (Å²) in [5.41, 5.74) is 0.911. The Hall–Kier alpha value is -3.49. The average Bonchev–Trinajstić information content (AvgIpc) is 3.00. The van der Waals surface area contributed by atoms with Gasteiger partial charge in [-0.1, -0.05) is 0 Å². The van der Waals surface area contributed by atoms with E-state index in [1.165, 1.54) is 42.0 Å². The Morgan fingerprint density at radius 3 is 2.88 bits per heavy atom. The number of hydrogen-bond donors (Lipinski definition) is 1. The highest BCUT2D eigenvalue weighted by Crippen LogP contribution is 2.27. The molecule has 0 fully saturated rings. The number of hydrogen-bond acceptors (Lipinski definition) is 5. The molecule has 0 unspecified atom stereocenters. The zero-order valence-corrected chi connectivity index (χ0v) is 13.1. The second-order valence-electron chi connectivity index (χ2n) is 5.17. The summed E-state index contributed by atoms with van der Waals surface area (Å²) in [5.74, 6) is -0.816. The van der Waals surface area contributed by atoms with Gasteiger partial charge in [0, 0.05) is 24.0 Å². The van der Waals surface area contributed by atoms with Crippen molar-refractivity contribution in [2.45, 2.75) is 6.54 Å². The van der Waals surface area contributed by atoms with E-state index in [1.807, 2.05) is 0 Å². The summed E-state index contributed by atoms with van der Waals surface area (Å²) in [6, 6.07) is 6.75. The first-order valence-corrected chi connectivity index (χ1v) is 7.21. The van der Waals surface area contributed by atoms with Gasteiger partial charge in [-0.05, 0) is 24.3 Å². The van der Waals surface area contributed by atoms with E-state index in [-0.39, 0.29) is 23.5 Å². The number of amides is 1. The van der Waals surface area contributed by atoms with Crippen LogP contribution in [0.25, 0.3) is 5.65 Å². The molecule has 9 heteroatoms. The molecule has 1 amide bonds. The molecule has 0 saturated heterocycles. The number of nitrogens with one attached hydrogen (secondary N) is 1. The number of pyridine rings is 1. The number of fused-ring (bicyclic) bond motifs is 1. The maximum absolute atomic E-state index is 13.2. The number of benzene rings is 1. The first-order valence-electron chi connectivity index (χ1n) is 7.21. The first kappa shape index (κ1) is 16.4. The first-order chi connectivity index (χ1) is 12.0. The van der Waals surface area contributed by atoms with Crippen molar-refractivity contribution in [3.05, 3.63) is 69.9 Å². The molecule has 25 heavy (non-hydrogen) atoms. The quantitative estimate of drug-likeness (QED) is 0.566. The van der Waals surface area contributed by atoms with E-state index in [0.717, 1.165) is 6.07 Å². The SMILES string of the molecule is COc1ccc(C(=O)NCc2cn3cc(F)ccc3n2)cc1[N+](=O)[O-]. The summed E-state index contributed by atoms with van der Waals surface area (Å²) in [6.07, 6.45) is 2.87. The standard InChI is InChI=1S/C16H13FN4O4/c1-25-14-4-2-10(6-13(14)21(23)24)16(22)18-7-12-9-20-8-11(17)3-5-15(20)19-12/h2-6,8-9H,7H2,1H3,(H,18,22). The molecule has 0 aliphatic carbocycles. The van der Waals surface area contributed by atoms with Crippen LogP contribution in [0.15, 0.2) is 42.7 Å². The minimum Gasteiger partial charge on any atom is -0.490 e. The summed E-state index contributed by atoms with van der Waals surface area (Å²) in [7, 11) is 1.31. The molecule has 128 valence electrons. The second-order valence-corrected chi connectivity index (χ2v) is 5.17. The van der Waals surface area contributed by atoms with Crippen LogP contribution < -0.4 is 10.1 Å². The maximum atomic E-state index is 13.2. The number of aromatic nitrogens is 2. The lowest BCUT2D eigenvalue weighted by atomic mass is 10.1. The topological polar surface area (TPSA) is 98.8 Å². The Balaban J connectivity index is 1.75. The Kier molecular flexibility index (Phi) is 4.29. The van der Waals surface area contributed by atoms with E-state index in [0.29, 0.717) is 11.3 Å². The van der Waals surface area contributed by atoms with Gasteiger partial charge in [0.05, 0.1) is 24.3 Å². The second kappa shape index (κ2) is 6.56. The van der Waals surface area contributed by atoms with E-state index in [4.69, 9.17) is 4.74 Å². The molecular formula is C16H13FN4O4. The highest BCUT2D eigenvalue weighted by molar-refractivity contribution is 5.95. The number of carbonyl (C=O) groups excluding carboxylic acids is 1. The van der Waals surface area contributed by atoms with Crippen LogP contribution in [-0.4, -0.2) is 27.3 Å². The van der Waals surface area contributed by atoms with Gasteiger partial charge in [-0.25, -0.2) is 9.37 Å². The monoisotopic (exact) mass is 344 g/mol. The van der Waals surface area contributed by atoms with Crippen molar-refractivity contribution in [2.24, 2.45) is 0 Å². The van der Waals surface area contributed by atoms with Crippen LogP contribution in [0.2, 0.25) is 0 Å². The Morgan fingerprint density at radius 2 is 2.16 bits per heavy atom. The number of ether oxygens (including phenoxy) is 1. The van der Waals surface area contributed by atoms with E-state index in [2.05, 4.69) is 10.3 Å². The molecule has 0 bridgehead atoms. The van der Waals surface area contributed by atoms with Gasteiger partial charge in [-0.15, -0.1) is 0 Å². The molecule has 1 aromatic carbocycles. The molecule has 3 aromatic rings. The van der Waals surface area contributed by atoms with Crippen LogP contribution in [0.5, 0.6) is 5.75 Å². The molecule has 0 atom stereocenters. The third-order valence-electron chi connectivity index (χ3n) is 3.53. The third kappa shape index (κ3) is 3.39. The van der Waals surface area contributed by atoms with E-state index < -0.39 is 16.6 Å². The van der Waals surface area contributed by atoms with E-state index in [9.17, 15) is 19.3 Å². The number of nitro groups is 1. The molecule has 0 aliphatic heterocycles. The van der Waals surface area contributed by atoms with E-state index in [1.54, 1.807) is 6.20 Å². The van der Waals surface area contributed by atoms with Gasteiger partial charge < -0.3 is 14.5 Å². The van der Waals surface area contributed by atoms with Crippen molar-refractivity contribution in [2.75, 3.05) is 7.11 Å². The zero-order chi connectivity index (χ0) is 18.0. The maximum Gasteiger partial charge on any atom is 0.311 e. The van der Waals surface area contributed by atoms with E-state index >= 15 is 0 Å². The van der Waals surface area contributed by atoms with Gasteiger partial charge in [0.25, 0.3) is 5.91 Å². The van der Waals surface area contributed by atoms with Crippen LogP contribution in [0.3, 0.4) is 0 Å². The number of halogens is 1. The fraction of sp³-hybridized carbons (Fsp3) is 0.125. The van der Waals surface area contributed by atoms with Gasteiger partial charge in [-0.2, -0.15) is 0 Å². The Morgan fingerprint density at radius 1 is 1.36 bits per heavy atom. The Labute approximate surface area is 141 Å². The van der Waals surface area contributed by atoms with Crippen molar-refractivity contribution < 1.29 is 18.8 Å². The molecule has 0 aliphatic rings. The highest BCUT2D eigenvalue weighted by Gasteiger charge is 2.18. The van der Waals surface area contributed by atoms with Crippen LogP contribution in [0.4, 0.5) is 10.1 Å². The smallest absolute Gasteiger partial charge is 0.311 e. The number of nitro benzene ring substituents is 1. The summed E-state index contributed by atoms with van der Waals surface area (Å²) in [6.45, 7) is 0.0992. The Bertz CT molecular complexity index is 970. The van der Waals surface area contributed by atoms with Crippen molar-refractivity contribution in [3.63, 3.8) is 0 Å². The average molecular weight is 344 g/mol. The van der Waals surface area contributed by atoms with Gasteiger partial charge >= 0.3 is 5.69 Å². The lowest BCUT2D eigenvalue weighted by molar-refractivity contribution is -0.385. The molecule has 0 spiro atoms. The molecule has 1 N–H and O–H groups in total. The predicted molar refractivity (Wildman–Crippen MR) is 86.0 cm³/mol. The third-order valence-corrected chi connectivity index (χ3v) is 3.53. The summed E-state index contributed by atoms with van der Waals surface area (Å²) in [5, 5.41) is 13.6. The van der Waals surface area contributed by atoms with Crippen molar-refractivity contribution in [3.8, 4) is 5.75 Å². The molecular weight excluding hydrogens is 331 g/mol. The number of nitrogens with zero attached hydrogens (tertiary/aromatic N) is 3. The predicted octanol–water partition coefficient (Wildman–Crippen LogP) is 2.32. The van der Waals surface area contributed by atoms with Crippen molar-refractivity contribution in [1.82, 2.24) is 14.7 Å². The fourth-order valence-corrected chi connectivity index (χ4v) is 2.35. The molecule has 8 nitrogen and oxygen atoms in total. The van der Waals surface area contributed by atoms with Gasteiger partial charge in [-0.3, -0.25) is 14.9 Å². The minimum absolute atomic E-state index is 0.0731. The summed E-state index contributed by atoms with van der Waals surface area (Å²) < 4.78 is 19.6. The number of methoxy groups -OCH3 is 1. The van der Waals surface area contributed by atoms with Gasteiger partial charge in [0.15, 0.2) is 5.75 Å². The van der Waals surface area contributed by atoms with Crippen LogP contribution in [0, 0.1) is 15.9 Å². The lowest BCUT2D eigenvalue weighted by Crippen LogP contribution is -2.23. The van der Waals surface area contributed by atoms with Crippen LogP contribution >= 0.6 is 0 Å². The van der Waals surface area contributed by atoms with Crippen LogP contribution in [0.1, 0.15) is 16.1 Å². The van der Waals surface area contributed by atoms with Gasteiger partial charge in [0.2, 0.25) is 0 Å². The van der Waals surface area contributed by atoms with Crippen LogP contribution in [-0.2, 0) is 6.54 Å². The number of imidazole rings is 1. The zero-order valence-electron chi connectivity index (χ0n) is 13.1. The number of carbonyl (C=O) groups is 1. The largest absolute Gasteiger partial charge is 0.490 e. The molecule has 0 saturated carbocycles. The fourth-order valence-electron chi connectivity index (χ4n) is 2.35. The highest BCUT2D eigenvalue weighted by atomic mass is 19.1. The molecule has 3 rings (SSSR count). The summed E-state index contributed by atoms with van der Waals surface area (Å²) >= 11 is 0.